The monoisotopic (exact) mass is 468 g/mol. The van der Waals surface area contributed by atoms with E-state index in [-0.39, 0.29) is 12.5 Å². The highest BCUT2D eigenvalue weighted by atomic mass is 79.9. The summed E-state index contributed by atoms with van der Waals surface area (Å²) in [6.07, 6.45) is 1.54. The number of methoxy groups -OCH3 is 1. The fraction of sp³-hybridized carbons (Fsp3) is 0.130. The number of rotatable bonds is 9. The number of amides is 1. The van der Waals surface area contributed by atoms with E-state index in [4.69, 9.17) is 14.2 Å². The van der Waals surface area contributed by atoms with E-state index in [0.29, 0.717) is 18.1 Å². The predicted octanol–water partition coefficient (Wildman–Crippen LogP) is 4.57. The van der Waals surface area contributed by atoms with Gasteiger partial charge in [-0.15, -0.1) is 0 Å². The van der Waals surface area contributed by atoms with Gasteiger partial charge >= 0.3 is 0 Å². The van der Waals surface area contributed by atoms with Crippen LogP contribution in [0.1, 0.15) is 11.1 Å². The minimum Gasteiger partial charge on any atom is -0.497 e. The van der Waals surface area contributed by atoms with Crippen molar-refractivity contribution in [2.24, 2.45) is 5.10 Å². The fourth-order valence-electron chi connectivity index (χ4n) is 2.55. The lowest BCUT2D eigenvalue weighted by molar-refractivity contribution is -0.123. The van der Waals surface area contributed by atoms with Crippen LogP contribution in [-0.2, 0) is 11.4 Å². The highest BCUT2D eigenvalue weighted by molar-refractivity contribution is 9.10. The second kappa shape index (κ2) is 11.0. The van der Waals surface area contributed by atoms with E-state index in [9.17, 15) is 4.79 Å². The van der Waals surface area contributed by atoms with E-state index in [0.717, 1.165) is 21.3 Å². The summed E-state index contributed by atoms with van der Waals surface area (Å²) in [5.74, 6) is 1.67. The van der Waals surface area contributed by atoms with Gasteiger partial charge < -0.3 is 14.2 Å². The molecule has 0 aliphatic rings. The number of carbonyl (C=O) groups excluding carboxylic acids is 1. The van der Waals surface area contributed by atoms with Crippen molar-refractivity contribution in [1.82, 2.24) is 5.43 Å². The van der Waals surface area contributed by atoms with Crippen LogP contribution in [0.4, 0.5) is 0 Å². The Bertz CT molecular complexity index is 1020. The zero-order valence-corrected chi connectivity index (χ0v) is 18.0. The molecule has 0 atom stereocenters. The van der Waals surface area contributed by atoms with Crippen LogP contribution >= 0.6 is 15.9 Å². The topological polar surface area (TPSA) is 69.2 Å². The third-order valence-corrected chi connectivity index (χ3v) is 4.50. The van der Waals surface area contributed by atoms with Crippen molar-refractivity contribution in [2.45, 2.75) is 6.61 Å². The molecule has 7 heteroatoms. The molecule has 30 heavy (non-hydrogen) atoms. The molecule has 0 bridgehead atoms. The highest BCUT2D eigenvalue weighted by Gasteiger charge is 2.04. The molecular weight excluding hydrogens is 448 g/mol. The summed E-state index contributed by atoms with van der Waals surface area (Å²) >= 11 is 3.36. The van der Waals surface area contributed by atoms with E-state index >= 15 is 0 Å². The van der Waals surface area contributed by atoms with Crippen LogP contribution in [0.15, 0.2) is 82.4 Å². The minimum absolute atomic E-state index is 0.137. The molecule has 1 amide bonds. The number of carbonyl (C=O) groups is 1. The first kappa shape index (κ1) is 21.4. The zero-order valence-electron chi connectivity index (χ0n) is 16.4. The molecule has 0 unspecified atom stereocenters. The van der Waals surface area contributed by atoms with Gasteiger partial charge in [-0.25, -0.2) is 5.43 Å². The summed E-state index contributed by atoms with van der Waals surface area (Å²) < 4.78 is 17.4. The van der Waals surface area contributed by atoms with E-state index in [1.54, 1.807) is 19.2 Å². The molecular formula is C23H21BrN2O4. The number of nitrogens with one attached hydrogen (secondary N) is 1. The number of nitrogens with zero attached hydrogens (tertiary/aromatic N) is 1. The van der Waals surface area contributed by atoms with Gasteiger partial charge in [0, 0.05) is 10.0 Å². The van der Waals surface area contributed by atoms with E-state index in [1.165, 1.54) is 6.21 Å². The Morgan fingerprint density at radius 2 is 1.80 bits per heavy atom. The molecule has 0 aliphatic carbocycles. The van der Waals surface area contributed by atoms with E-state index in [2.05, 4.69) is 26.5 Å². The Labute approximate surface area is 183 Å². The molecule has 0 spiro atoms. The number of hydrogen-bond acceptors (Lipinski definition) is 5. The Kier molecular flexibility index (Phi) is 7.86. The number of para-hydroxylation sites is 1. The normalized spacial score (nSPS) is 10.6. The number of hydrazone groups is 1. The number of halogens is 1. The molecule has 0 radical (unpaired) electrons. The summed E-state index contributed by atoms with van der Waals surface area (Å²) in [5.41, 5.74) is 4.18. The van der Waals surface area contributed by atoms with Crippen molar-refractivity contribution in [3.8, 4) is 17.2 Å². The Balaban J connectivity index is 1.53. The van der Waals surface area contributed by atoms with Gasteiger partial charge in [-0.3, -0.25) is 4.79 Å². The summed E-state index contributed by atoms with van der Waals surface area (Å²) in [7, 11) is 1.63. The molecule has 0 saturated carbocycles. The van der Waals surface area contributed by atoms with Crippen molar-refractivity contribution in [1.29, 1.82) is 0 Å². The van der Waals surface area contributed by atoms with Gasteiger partial charge in [-0.05, 0) is 48.0 Å². The third kappa shape index (κ3) is 6.63. The first-order valence-corrected chi connectivity index (χ1v) is 9.98. The largest absolute Gasteiger partial charge is 0.497 e. The van der Waals surface area contributed by atoms with Gasteiger partial charge in [0.15, 0.2) is 6.61 Å². The van der Waals surface area contributed by atoms with Gasteiger partial charge in [0.1, 0.15) is 23.9 Å². The molecule has 3 rings (SSSR count). The van der Waals surface area contributed by atoms with E-state index < -0.39 is 0 Å². The van der Waals surface area contributed by atoms with Crippen LogP contribution in [0.3, 0.4) is 0 Å². The lowest BCUT2D eigenvalue weighted by atomic mass is 10.2. The molecule has 0 aliphatic heterocycles. The van der Waals surface area contributed by atoms with Crippen molar-refractivity contribution in [3.05, 3.63) is 88.4 Å². The molecule has 0 saturated heterocycles. The van der Waals surface area contributed by atoms with Crippen molar-refractivity contribution < 1.29 is 19.0 Å². The lowest BCUT2D eigenvalue weighted by Gasteiger charge is -2.10. The average molecular weight is 469 g/mol. The first-order valence-electron chi connectivity index (χ1n) is 9.19. The number of ether oxygens (including phenoxy) is 3. The summed E-state index contributed by atoms with van der Waals surface area (Å²) in [6, 6.07) is 22.4. The van der Waals surface area contributed by atoms with Gasteiger partial charge in [-0.2, -0.15) is 5.10 Å². The minimum atomic E-state index is -0.360. The maximum absolute atomic E-state index is 11.9. The maximum Gasteiger partial charge on any atom is 0.277 e. The molecule has 154 valence electrons. The van der Waals surface area contributed by atoms with Crippen molar-refractivity contribution >= 4 is 28.1 Å². The zero-order chi connectivity index (χ0) is 21.2. The van der Waals surface area contributed by atoms with Crippen LogP contribution in [0.25, 0.3) is 0 Å². The Morgan fingerprint density at radius 3 is 2.63 bits per heavy atom. The Morgan fingerprint density at radius 1 is 1.00 bits per heavy atom. The Hall–Kier alpha value is -3.32. The molecule has 0 heterocycles. The van der Waals surface area contributed by atoms with Crippen LogP contribution in [-0.4, -0.2) is 25.8 Å². The van der Waals surface area contributed by atoms with Gasteiger partial charge in [0.2, 0.25) is 0 Å². The van der Waals surface area contributed by atoms with Crippen molar-refractivity contribution in [3.63, 3.8) is 0 Å². The quantitative estimate of drug-likeness (QED) is 0.369. The van der Waals surface area contributed by atoms with Crippen LogP contribution in [0, 0.1) is 0 Å². The molecule has 3 aromatic rings. The standard InChI is InChI=1S/C23H21BrN2O4/c1-28-20-9-4-6-17(12-20)15-30-22-11-3-2-7-18(22)14-25-26-23(27)16-29-21-10-5-8-19(24)13-21/h2-14H,15-16H2,1H3,(H,26,27). The molecule has 0 aromatic heterocycles. The van der Waals surface area contributed by atoms with Crippen LogP contribution < -0.4 is 19.6 Å². The smallest absolute Gasteiger partial charge is 0.277 e. The lowest BCUT2D eigenvalue weighted by Crippen LogP contribution is -2.24. The summed E-state index contributed by atoms with van der Waals surface area (Å²) in [6.45, 7) is 0.247. The highest BCUT2D eigenvalue weighted by Crippen LogP contribution is 2.20. The molecule has 6 nitrogen and oxygen atoms in total. The maximum atomic E-state index is 11.9. The van der Waals surface area contributed by atoms with Crippen LogP contribution in [0.5, 0.6) is 17.2 Å². The predicted molar refractivity (Wildman–Crippen MR) is 119 cm³/mol. The van der Waals surface area contributed by atoms with Crippen molar-refractivity contribution in [2.75, 3.05) is 13.7 Å². The fourth-order valence-corrected chi connectivity index (χ4v) is 2.93. The second-order valence-corrected chi connectivity index (χ2v) is 7.13. The summed E-state index contributed by atoms with van der Waals surface area (Å²) in [4.78, 5) is 11.9. The molecule has 3 aromatic carbocycles. The van der Waals surface area contributed by atoms with E-state index in [1.807, 2.05) is 60.7 Å². The number of hydrogen-bond donors (Lipinski definition) is 1. The summed E-state index contributed by atoms with van der Waals surface area (Å²) in [5, 5.41) is 4.00. The average Bonchev–Trinajstić information content (AvgIpc) is 2.77. The first-order chi connectivity index (χ1) is 14.6. The van der Waals surface area contributed by atoms with Crippen LogP contribution in [0.2, 0.25) is 0 Å². The van der Waals surface area contributed by atoms with Gasteiger partial charge in [0.25, 0.3) is 5.91 Å². The number of benzene rings is 3. The van der Waals surface area contributed by atoms with Gasteiger partial charge in [0.05, 0.1) is 13.3 Å². The molecule has 0 fully saturated rings. The third-order valence-electron chi connectivity index (χ3n) is 4.01. The second-order valence-electron chi connectivity index (χ2n) is 6.22. The van der Waals surface area contributed by atoms with Gasteiger partial charge in [-0.1, -0.05) is 46.3 Å². The molecule has 1 N–H and O–H groups in total. The SMILES string of the molecule is COc1cccc(COc2ccccc2C=NNC(=O)COc2cccc(Br)c2)c1.